The number of rotatable bonds is 4. The van der Waals surface area contributed by atoms with Crippen molar-refractivity contribution in [2.75, 3.05) is 12.4 Å². The number of hydrogen-bond acceptors (Lipinski definition) is 4. The highest BCUT2D eigenvalue weighted by atomic mass is 79.9. The topological polar surface area (TPSA) is 51.2 Å². The first-order valence-corrected chi connectivity index (χ1v) is 9.33. The van der Waals surface area contributed by atoms with E-state index in [1.54, 1.807) is 25.3 Å². The first kappa shape index (κ1) is 17.6. The molecule has 0 radical (unpaired) electrons. The zero-order valence-electron chi connectivity index (χ0n) is 14.1. The van der Waals surface area contributed by atoms with Crippen LogP contribution < -0.4 is 10.1 Å². The lowest BCUT2D eigenvalue weighted by Gasteiger charge is -2.06. The van der Waals surface area contributed by atoms with Crippen molar-refractivity contribution in [2.24, 2.45) is 0 Å². The summed E-state index contributed by atoms with van der Waals surface area (Å²) in [5, 5.41) is 5.39. The lowest BCUT2D eigenvalue weighted by molar-refractivity contribution is 0.102. The first-order chi connectivity index (χ1) is 12.0. The molecule has 0 aliphatic heterocycles. The molecule has 6 heteroatoms. The van der Waals surface area contributed by atoms with Gasteiger partial charge in [0.15, 0.2) is 5.13 Å². The quantitative estimate of drug-likeness (QED) is 0.614. The van der Waals surface area contributed by atoms with Gasteiger partial charge in [0, 0.05) is 16.5 Å². The maximum atomic E-state index is 12.4. The van der Waals surface area contributed by atoms with Crippen LogP contribution in [-0.2, 0) is 0 Å². The minimum Gasteiger partial charge on any atom is -0.496 e. The van der Waals surface area contributed by atoms with Gasteiger partial charge in [0.05, 0.1) is 17.3 Å². The number of nitrogens with one attached hydrogen (secondary N) is 1. The Bertz CT molecular complexity index is 937. The van der Waals surface area contributed by atoms with Crippen molar-refractivity contribution in [3.8, 4) is 17.0 Å². The van der Waals surface area contributed by atoms with Crippen molar-refractivity contribution in [1.29, 1.82) is 0 Å². The normalized spacial score (nSPS) is 10.6. The third-order valence-corrected chi connectivity index (χ3v) is 5.19. The van der Waals surface area contributed by atoms with E-state index in [-0.39, 0.29) is 5.91 Å². The molecular formula is C19H17BrN2O2S. The Hall–Kier alpha value is -2.18. The van der Waals surface area contributed by atoms with Gasteiger partial charge in [-0.05, 0) is 59.6 Å². The van der Waals surface area contributed by atoms with E-state index < -0.39 is 0 Å². The number of aromatic nitrogens is 1. The molecule has 1 N–H and O–H groups in total. The number of thiazole rings is 1. The Morgan fingerprint density at radius 2 is 2.00 bits per heavy atom. The van der Waals surface area contributed by atoms with Gasteiger partial charge in [-0.15, -0.1) is 11.3 Å². The Balaban J connectivity index is 1.80. The number of ether oxygens (including phenoxy) is 1. The molecule has 0 aliphatic carbocycles. The maximum absolute atomic E-state index is 12.4. The van der Waals surface area contributed by atoms with Gasteiger partial charge in [-0.1, -0.05) is 17.7 Å². The van der Waals surface area contributed by atoms with Crippen LogP contribution in [0.5, 0.6) is 5.75 Å². The molecule has 0 atom stereocenters. The van der Waals surface area contributed by atoms with Gasteiger partial charge < -0.3 is 4.74 Å². The number of halogens is 1. The standard InChI is InChI=1S/C19H17BrN2O2S/c1-11-4-5-12(2)14(8-11)16-10-25-19(21-16)22-18(23)13-6-7-17(24-3)15(20)9-13/h4-10H,1-3H3,(H,21,22,23). The zero-order chi connectivity index (χ0) is 18.0. The average molecular weight is 417 g/mol. The molecule has 0 aliphatic rings. The number of methoxy groups -OCH3 is 1. The van der Waals surface area contributed by atoms with Crippen LogP contribution >= 0.6 is 27.3 Å². The highest BCUT2D eigenvalue weighted by Gasteiger charge is 2.13. The molecular weight excluding hydrogens is 400 g/mol. The third kappa shape index (κ3) is 3.91. The predicted octanol–water partition coefficient (Wildman–Crippen LogP) is 5.45. The number of nitrogens with zero attached hydrogens (tertiary/aromatic N) is 1. The Morgan fingerprint density at radius 3 is 2.72 bits per heavy atom. The molecule has 3 aromatic rings. The van der Waals surface area contributed by atoms with Gasteiger partial charge in [0.2, 0.25) is 0 Å². The lowest BCUT2D eigenvalue weighted by atomic mass is 10.0. The lowest BCUT2D eigenvalue weighted by Crippen LogP contribution is -2.11. The summed E-state index contributed by atoms with van der Waals surface area (Å²) in [5.74, 6) is 0.480. The molecule has 0 fully saturated rings. The van der Waals surface area contributed by atoms with Gasteiger partial charge in [-0.2, -0.15) is 0 Å². The van der Waals surface area contributed by atoms with Crippen LogP contribution in [0.1, 0.15) is 21.5 Å². The summed E-state index contributed by atoms with van der Waals surface area (Å²) in [7, 11) is 1.59. The highest BCUT2D eigenvalue weighted by molar-refractivity contribution is 9.10. The van der Waals surface area contributed by atoms with Crippen molar-refractivity contribution in [3.63, 3.8) is 0 Å². The number of hydrogen-bond donors (Lipinski definition) is 1. The van der Waals surface area contributed by atoms with Crippen molar-refractivity contribution >= 4 is 38.3 Å². The molecule has 0 saturated heterocycles. The summed E-state index contributed by atoms with van der Waals surface area (Å²) in [6, 6.07) is 11.5. The van der Waals surface area contributed by atoms with Crippen LogP contribution in [0.3, 0.4) is 0 Å². The molecule has 128 valence electrons. The summed E-state index contributed by atoms with van der Waals surface area (Å²) in [4.78, 5) is 17.0. The first-order valence-electron chi connectivity index (χ1n) is 7.66. The average Bonchev–Trinajstić information content (AvgIpc) is 3.05. The Kier molecular flexibility index (Phi) is 5.20. The highest BCUT2D eigenvalue weighted by Crippen LogP contribution is 2.29. The van der Waals surface area contributed by atoms with Crippen LogP contribution in [0.25, 0.3) is 11.3 Å². The summed E-state index contributed by atoms with van der Waals surface area (Å²) < 4.78 is 5.92. The molecule has 25 heavy (non-hydrogen) atoms. The molecule has 1 amide bonds. The van der Waals surface area contributed by atoms with E-state index in [0.717, 1.165) is 21.3 Å². The molecule has 3 rings (SSSR count). The van der Waals surface area contributed by atoms with Crippen LogP contribution in [0.4, 0.5) is 5.13 Å². The second kappa shape index (κ2) is 7.37. The van der Waals surface area contributed by atoms with E-state index in [2.05, 4.69) is 58.3 Å². The molecule has 1 heterocycles. The second-order valence-electron chi connectivity index (χ2n) is 5.66. The van der Waals surface area contributed by atoms with E-state index in [1.807, 2.05) is 5.38 Å². The van der Waals surface area contributed by atoms with E-state index in [1.165, 1.54) is 16.9 Å². The van der Waals surface area contributed by atoms with Crippen molar-refractivity contribution in [3.05, 3.63) is 62.9 Å². The molecule has 2 aromatic carbocycles. The zero-order valence-corrected chi connectivity index (χ0v) is 16.5. The molecule has 0 saturated carbocycles. The van der Waals surface area contributed by atoms with Crippen LogP contribution in [0.15, 0.2) is 46.3 Å². The third-order valence-electron chi connectivity index (χ3n) is 3.81. The number of anilines is 1. The van der Waals surface area contributed by atoms with Gasteiger partial charge in [-0.3, -0.25) is 10.1 Å². The fraction of sp³-hybridized carbons (Fsp3) is 0.158. The number of amides is 1. The molecule has 1 aromatic heterocycles. The summed E-state index contributed by atoms with van der Waals surface area (Å²) >= 11 is 4.81. The SMILES string of the molecule is COc1ccc(C(=O)Nc2nc(-c3cc(C)ccc3C)cs2)cc1Br. The minimum atomic E-state index is -0.204. The fourth-order valence-corrected chi connectivity index (χ4v) is 3.69. The van der Waals surface area contributed by atoms with Gasteiger partial charge in [-0.25, -0.2) is 4.98 Å². The summed E-state index contributed by atoms with van der Waals surface area (Å²) in [6.45, 7) is 4.11. The van der Waals surface area contributed by atoms with E-state index in [9.17, 15) is 4.79 Å². The summed E-state index contributed by atoms with van der Waals surface area (Å²) in [6.07, 6.45) is 0. The number of carbonyl (C=O) groups excluding carboxylic acids is 1. The van der Waals surface area contributed by atoms with Crippen molar-refractivity contribution in [2.45, 2.75) is 13.8 Å². The maximum Gasteiger partial charge on any atom is 0.257 e. The molecule has 0 bridgehead atoms. The van der Waals surface area contributed by atoms with Crippen molar-refractivity contribution < 1.29 is 9.53 Å². The molecule has 0 unspecified atom stereocenters. The second-order valence-corrected chi connectivity index (χ2v) is 7.37. The van der Waals surface area contributed by atoms with Crippen LogP contribution in [0.2, 0.25) is 0 Å². The summed E-state index contributed by atoms with van der Waals surface area (Å²) in [5.41, 5.74) is 4.84. The van der Waals surface area contributed by atoms with Gasteiger partial charge >= 0.3 is 0 Å². The Morgan fingerprint density at radius 1 is 1.20 bits per heavy atom. The number of aryl methyl sites for hydroxylation is 2. The Labute approximate surface area is 159 Å². The minimum absolute atomic E-state index is 0.204. The van der Waals surface area contributed by atoms with Gasteiger partial charge in [0.25, 0.3) is 5.91 Å². The monoisotopic (exact) mass is 416 g/mol. The number of carbonyl (C=O) groups is 1. The molecule has 0 spiro atoms. The van der Waals surface area contributed by atoms with E-state index in [4.69, 9.17) is 4.74 Å². The van der Waals surface area contributed by atoms with Crippen LogP contribution in [0, 0.1) is 13.8 Å². The van der Waals surface area contributed by atoms with Crippen LogP contribution in [-0.4, -0.2) is 18.0 Å². The molecule has 4 nitrogen and oxygen atoms in total. The van der Waals surface area contributed by atoms with Crippen molar-refractivity contribution in [1.82, 2.24) is 4.98 Å². The predicted molar refractivity (Wildman–Crippen MR) is 106 cm³/mol. The largest absolute Gasteiger partial charge is 0.496 e. The van der Waals surface area contributed by atoms with Gasteiger partial charge in [0.1, 0.15) is 5.75 Å². The van der Waals surface area contributed by atoms with E-state index in [0.29, 0.717) is 16.4 Å². The number of benzene rings is 2. The fourth-order valence-electron chi connectivity index (χ4n) is 2.44. The smallest absolute Gasteiger partial charge is 0.257 e. The van der Waals surface area contributed by atoms with E-state index >= 15 is 0 Å².